The molecule has 3 saturated carbocycles. The number of carbonyl (C=O) groups is 7. The summed E-state index contributed by atoms with van der Waals surface area (Å²) in [4.78, 5) is 89.0. The molecule has 0 unspecified atom stereocenters. The summed E-state index contributed by atoms with van der Waals surface area (Å²) in [7, 11) is 1.64. The number of halogens is 2. The highest BCUT2D eigenvalue weighted by atomic mass is 19.1. The maximum atomic E-state index is 13.2. The Morgan fingerprint density at radius 3 is 1.44 bits per heavy atom. The molecule has 484 valence electrons. The van der Waals surface area contributed by atoms with E-state index in [1.54, 1.807) is 16.9 Å². The number of hydrogen-bond donors (Lipinski definition) is 5. The zero-order chi connectivity index (χ0) is 64.9. The Labute approximate surface area is 526 Å². The summed E-state index contributed by atoms with van der Waals surface area (Å²) >= 11 is 0. The number of aliphatic carboxylic acids is 1. The molecule has 2 heterocycles. The molecule has 90 heavy (non-hydrogen) atoms. The summed E-state index contributed by atoms with van der Waals surface area (Å²) in [6.07, 6.45) is 5.02. The molecule has 5 aromatic rings. The minimum atomic E-state index is -0.956. The number of nitrogens with two attached hydrogens (primary N) is 1. The molecule has 18 nitrogen and oxygen atoms in total. The van der Waals surface area contributed by atoms with E-state index in [1.165, 1.54) is 70.6 Å². The van der Waals surface area contributed by atoms with Crippen LogP contribution >= 0.6 is 0 Å². The van der Waals surface area contributed by atoms with Gasteiger partial charge in [-0.3, -0.25) is 28.8 Å². The number of amides is 5. The minimum absolute atomic E-state index is 0.0840. The van der Waals surface area contributed by atoms with E-state index in [-0.39, 0.29) is 60.1 Å². The number of nitrogens with zero attached hydrogens (tertiary/aromatic N) is 2. The molecule has 8 atom stereocenters. The van der Waals surface area contributed by atoms with Crippen molar-refractivity contribution >= 4 is 41.5 Å². The molecule has 5 fully saturated rings. The first-order chi connectivity index (χ1) is 43.0. The number of Topliss-reactive ketones (excluding diaryl/α,β-unsaturated/α-hetero) is 1. The van der Waals surface area contributed by atoms with Crippen molar-refractivity contribution < 1.29 is 66.4 Å². The van der Waals surface area contributed by atoms with Gasteiger partial charge in [-0.15, -0.1) is 0 Å². The number of carbonyl (C=O) groups excluding carboxylic acids is 6. The number of aryl methyl sites for hydroxylation is 2. The third-order valence-corrected chi connectivity index (χ3v) is 16.2. The van der Waals surface area contributed by atoms with Gasteiger partial charge in [0.05, 0.1) is 33.5 Å². The second-order valence-electron chi connectivity index (χ2n) is 24.7. The lowest BCUT2D eigenvalue weighted by Crippen LogP contribution is -2.51. The molecule has 2 saturated heterocycles. The average molecular weight is 1240 g/mol. The van der Waals surface area contributed by atoms with Crippen molar-refractivity contribution in [1.29, 1.82) is 0 Å². The number of ketones is 1. The van der Waals surface area contributed by atoms with Crippen molar-refractivity contribution in [3.8, 4) is 5.75 Å². The van der Waals surface area contributed by atoms with Gasteiger partial charge in [-0.1, -0.05) is 71.8 Å². The van der Waals surface area contributed by atoms with E-state index < -0.39 is 47.1 Å². The smallest absolute Gasteiger partial charge is 0.407 e. The molecule has 0 spiro atoms. The van der Waals surface area contributed by atoms with Gasteiger partial charge < -0.3 is 55.5 Å². The van der Waals surface area contributed by atoms with Crippen molar-refractivity contribution in [2.24, 2.45) is 11.7 Å². The molecule has 5 amide bonds. The van der Waals surface area contributed by atoms with E-state index in [1.807, 2.05) is 32.9 Å². The number of rotatable bonds is 21. The monoisotopic (exact) mass is 1240 g/mol. The van der Waals surface area contributed by atoms with Gasteiger partial charge in [-0.05, 0) is 169 Å². The minimum Gasteiger partial charge on any atom is -0.497 e. The van der Waals surface area contributed by atoms with E-state index >= 15 is 0 Å². The molecule has 0 aromatic heterocycles. The van der Waals surface area contributed by atoms with Crippen LogP contribution < -0.4 is 26.4 Å². The van der Waals surface area contributed by atoms with Crippen molar-refractivity contribution in [3.05, 3.63) is 172 Å². The summed E-state index contributed by atoms with van der Waals surface area (Å²) in [6, 6.07) is 34.4. The highest BCUT2D eigenvalue weighted by Crippen LogP contribution is 2.50. The van der Waals surface area contributed by atoms with Crippen LogP contribution in [0.25, 0.3) is 0 Å². The van der Waals surface area contributed by atoms with Crippen LogP contribution in [0.3, 0.4) is 0 Å². The fourth-order valence-electron chi connectivity index (χ4n) is 10.7. The number of methoxy groups -OCH3 is 1. The third kappa shape index (κ3) is 23.1. The van der Waals surface area contributed by atoms with Crippen LogP contribution in [0.15, 0.2) is 121 Å². The number of carboxylic acids is 1. The van der Waals surface area contributed by atoms with Gasteiger partial charge in [-0.25, -0.2) is 13.6 Å². The van der Waals surface area contributed by atoms with Crippen molar-refractivity contribution in [1.82, 2.24) is 25.8 Å². The number of morpholine rings is 2. The quantitative estimate of drug-likeness (QED) is 0.0460. The van der Waals surface area contributed by atoms with Crippen molar-refractivity contribution in [2.45, 2.75) is 146 Å². The fourth-order valence-corrected chi connectivity index (χ4v) is 10.7. The lowest BCUT2D eigenvalue weighted by Gasteiger charge is -2.30. The number of benzene rings is 5. The van der Waals surface area contributed by atoms with E-state index in [2.05, 4.69) is 90.5 Å². The van der Waals surface area contributed by atoms with Gasteiger partial charge in [0.2, 0.25) is 11.8 Å². The lowest BCUT2D eigenvalue weighted by molar-refractivity contribution is -0.139. The molecule has 0 radical (unpaired) electrons. The van der Waals surface area contributed by atoms with Crippen molar-refractivity contribution in [3.63, 3.8) is 0 Å². The van der Waals surface area contributed by atoms with E-state index in [0.717, 1.165) is 30.7 Å². The Balaban J connectivity index is 0.000000185. The van der Waals surface area contributed by atoms with Crippen LogP contribution in [-0.4, -0.2) is 146 Å². The highest BCUT2D eigenvalue weighted by molar-refractivity contribution is 5.98. The molecule has 20 heteroatoms. The standard InChI is InChI=1S/C28H33FN2O5.C17H21FN2O5.C15H21NO2.C10H13N/c1-35-24-11-7-19(8-12-24)25-18-21(25)17-23(32)3-2-4-26(28(34)31-13-15-36-16-14-31)30-27(33)20-5-9-22(29)10-6-20;18-13-6-4-12(5-7-13)16(23)19-14(2-1-3-15(21)22)17(24)20-8-10-25-11-9-20;1-10-5-7-11(8-6-10)12-9-13(12)16-14(17)18-15(2,3)4;1-7-2-4-8(5-3-7)9-6-10(9)11/h5-12,21,25-26H,2-4,13-18H2,1H3,(H,30,33);4-7,14H,1-3,8-11H2,(H,19,23)(H,21,22);5-8,12-13H,9H2,1-4H3,(H,16,17);2-5,9-10H,6,11H2,1H3/t21-,25+,26+;14-;12-,13+;9-,10+/m1000/s1. The van der Waals surface area contributed by atoms with Crippen LogP contribution in [0.4, 0.5) is 13.6 Å². The van der Waals surface area contributed by atoms with Gasteiger partial charge in [-0.2, -0.15) is 0 Å². The zero-order valence-electron chi connectivity index (χ0n) is 52.6. The Morgan fingerprint density at radius 1 is 0.600 bits per heavy atom. The number of alkyl carbamates (subject to hydrolysis) is 1. The molecule has 3 aliphatic carbocycles. The molecular formula is C70H88F2N6O12. The SMILES string of the molecule is COc1ccc([C@@H]2C[C@H]2CC(=O)CCC[C@H](NC(=O)c2ccc(F)cc2)C(=O)N2CCOCC2)cc1.Cc1ccc([C@@H]2C[C@H]2N)cc1.Cc1ccc([C@@H]2C[C@H]2NC(=O)OC(C)(C)C)cc1.O=C(O)CCC[C@H](NC(=O)c1ccc(F)cc1)C(=O)N1CCOCC1. The van der Waals surface area contributed by atoms with Gasteiger partial charge in [0.1, 0.15) is 40.9 Å². The molecule has 5 aromatic carbocycles. The van der Waals surface area contributed by atoms with Crippen LogP contribution in [0, 0.1) is 31.4 Å². The van der Waals surface area contributed by atoms with Crippen LogP contribution in [0.5, 0.6) is 5.75 Å². The van der Waals surface area contributed by atoms with Crippen molar-refractivity contribution in [2.75, 3.05) is 59.7 Å². The first kappa shape index (κ1) is 69.4. The number of nitrogens with one attached hydrogen (secondary N) is 3. The van der Waals surface area contributed by atoms with Gasteiger partial charge >= 0.3 is 12.1 Å². The Hall–Kier alpha value is -8.07. The van der Waals surface area contributed by atoms with E-state index in [0.29, 0.717) is 108 Å². The first-order valence-corrected chi connectivity index (χ1v) is 31.2. The summed E-state index contributed by atoms with van der Waals surface area (Å²) < 4.78 is 47.2. The Morgan fingerprint density at radius 2 is 1.02 bits per heavy atom. The summed E-state index contributed by atoms with van der Waals surface area (Å²) in [5.41, 5.74) is 12.3. The maximum absolute atomic E-state index is 13.2. The van der Waals surface area contributed by atoms with Gasteiger partial charge in [0, 0.05) is 80.5 Å². The second-order valence-corrected chi connectivity index (χ2v) is 24.7. The molecule has 0 bridgehead atoms. The maximum Gasteiger partial charge on any atom is 0.407 e. The van der Waals surface area contributed by atoms with E-state index in [9.17, 15) is 42.3 Å². The highest BCUT2D eigenvalue weighted by Gasteiger charge is 2.41. The van der Waals surface area contributed by atoms with Crippen LogP contribution in [0.2, 0.25) is 0 Å². The topological polar surface area (TPSA) is 245 Å². The second kappa shape index (κ2) is 33.7. The van der Waals surface area contributed by atoms with Gasteiger partial charge in [0.15, 0.2) is 0 Å². The number of hydrogen-bond acceptors (Lipinski definition) is 12. The first-order valence-electron chi connectivity index (χ1n) is 31.2. The summed E-state index contributed by atoms with van der Waals surface area (Å²) in [5, 5.41) is 17.1. The van der Waals surface area contributed by atoms with Gasteiger partial charge in [0.25, 0.3) is 11.8 Å². The van der Waals surface area contributed by atoms with E-state index in [4.69, 9.17) is 29.8 Å². The largest absolute Gasteiger partial charge is 0.497 e. The van der Waals surface area contributed by atoms with Crippen LogP contribution in [0.1, 0.15) is 151 Å². The predicted octanol–water partition coefficient (Wildman–Crippen LogP) is 9.95. The summed E-state index contributed by atoms with van der Waals surface area (Å²) in [6.45, 7) is 13.4. The van der Waals surface area contributed by atoms with Crippen LogP contribution in [-0.2, 0) is 33.4 Å². The number of carboxylic acid groups (broad SMARTS) is 1. The molecular weight excluding hydrogens is 1150 g/mol. The Bertz CT molecular complexity index is 3150. The lowest BCUT2D eigenvalue weighted by atomic mass is 10.0. The Kier molecular flexibility index (Phi) is 26.0. The number of ether oxygens (including phenoxy) is 4. The third-order valence-electron chi connectivity index (χ3n) is 16.2. The zero-order valence-corrected chi connectivity index (χ0v) is 52.6. The molecule has 6 N–H and O–H groups in total. The summed E-state index contributed by atoms with van der Waals surface area (Å²) in [5.74, 6) is -0.369. The average Bonchev–Trinajstić information content (AvgIpc) is 2.77. The normalized spacial score (nSPS) is 20.2. The predicted molar refractivity (Wildman–Crippen MR) is 337 cm³/mol. The molecule has 10 rings (SSSR count). The molecule has 5 aliphatic rings. The molecule has 2 aliphatic heterocycles. The fraction of sp³-hybridized carbons (Fsp3) is 0.471.